The molecule has 0 bridgehead atoms. The van der Waals surface area contributed by atoms with Crippen molar-refractivity contribution in [2.45, 2.75) is 25.9 Å². The van der Waals surface area contributed by atoms with E-state index in [9.17, 15) is 19.8 Å². The molecule has 172 valence electrons. The number of phenolic OH excluding ortho intramolecular Hbond substituents is 2. The maximum Gasteiger partial charge on any atom is 0.282 e. The van der Waals surface area contributed by atoms with E-state index >= 15 is 0 Å². The summed E-state index contributed by atoms with van der Waals surface area (Å²) in [7, 11) is 0. The smallest absolute Gasteiger partial charge is 0.282 e. The summed E-state index contributed by atoms with van der Waals surface area (Å²) in [6.45, 7) is 5.68. The van der Waals surface area contributed by atoms with Gasteiger partial charge in [-0.15, -0.1) is 11.3 Å². The quantitative estimate of drug-likeness (QED) is 0.242. The topological polar surface area (TPSA) is 116 Å². The number of benzene rings is 2. The Bertz CT molecular complexity index is 1570. The summed E-state index contributed by atoms with van der Waals surface area (Å²) in [6, 6.07) is 10.2. The fourth-order valence-corrected chi connectivity index (χ4v) is 5.79. The van der Waals surface area contributed by atoms with Crippen LogP contribution in [0.25, 0.3) is 15.9 Å². The third-order valence-electron chi connectivity index (χ3n) is 5.42. The van der Waals surface area contributed by atoms with Crippen molar-refractivity contribution < 1.29 is 15.0 Å². The highest BCUT2D eigenvalue weighted by molar-refractivity contribution is 8.02. The number of hydrogen-bond acceptors (Lipinski definition) is 8. The van der Waals surface area contributed by atoms with Gasteiger partial charge in [-0.1, -0.05) is 17.8 Å². The van der Waals surface area contributed by atoms with Crippen molar-refractivity contribution in [3.63, 3.8) is 0 Å². The lowest BCUT2D eigenvalue weighted by atomic mass is 10.1. The van der Waals surface area contributed by atoms with Crippen molar-refractivity contribution in [3.05, 3.63) is 79.3 Å². The summed E-state index contributed by atoms with van der Waals surface area (Å²) in [4.78, 5) is 32.0. The molecule has 0 fully saturated rings. The zero-order chi connectivity index (χ0) is 24.1. The van der Waals surface area contributed by atoms with Gasteiger partial charge in [0.15, 0.2) is 16.7 Å². The van der Waals surface area contributed by atoms with Crippen LogP contribution in [0.4, 0.5) is 5.69 Å². The number of aryl methyl sites for hydroxylation is 3. The van der Waals surface area contributed by atoms with E-state index in [0.29, 0.717) is 42.8 Å². The minimum atomic E-state index is -0.319. The van der Waals surface area contributed by atoms with Crippen molar-refractivity contribution in [3.8, 4) is 11.5 Å². The molecule has 34 heavy (non-hydrogen) atoms. The van der Waals surface area contributed by atoms with Crippen LogP contribution in [0.5, 0.6) is 11.5 Å². The van der Waals surface area contributed by atoms with Crippen LogP contribution in [0.15, 0.2) is 51.8 Å². The summed E-state index contributed by atoms with van der Waals surface area (Å²) < 4.78 is 1.33. The van der Waals surface area contributed by atoms with Crippen molar-refractivity contribution in [2.75, 3.05) is 10.7 Å². The predicted octanol–water partition coefficient (Wildman–Crippen LogP) is 4.69. The zero-order valence-electron chi connectivity index (χ0n) is 18.5. The van der Waals surface area contributed by atoms with Crippen LogP contribution in [-0.2, 0) is 0 Å². The van der Waals surface area contributed by atoms with Crippen LogP contribution < -0.4 is 16.3 Å². The van der Waals surface area contributed by atoms with Crippen LogP contribution in [0, 0.1) is 20.8 Å². The summed E-state index contributed by atoms with van der Waals surface area (Å²) in [6.07, 6.45) is 0. The highest BCUT2D eigenvalue weighted by atomic mass is 32.2. The Kier molecular flexibility index (Phi) is 5.34. The molecule has 4 N–H and O–H groups in total. The van der Waals surface area contributed by atoms with Gasteiger partial charge in [-0.2, -0.15) is 4.68 Å². The molecule has 8 nitrogen and oxygen atoms in total. The molecule has 0 spiro atoms. The number of fused-ring (bicyclic) bond motifs is 2. The Morgan fingerprint density at radius 1 is 1.06 bits per heavy atom. The Morgan fingerprint density at radius 2 is 1.79 bits per heavy atom. The molecule has 1 aliphatic heterocycles. The maximum absolute atomic E-state index is 13.4. The number of carbonyl (C=O) groups is 1. The first-order chi connectivity index (χ1) is 16.2. The monoisotopic (exact) mass is 492 g/mol. The number of phenols is 2. The number of aromatic hydroxyl groups is 2. The molecule has 3 heterocycles. The Labute approximate surface area is 202 Å². The second kappa shape index (κ2) is 8.23. The number of nitrogens with one attached hydrogen (secondary N) is 2. The molecule has 10 heteroatoms. The van der Waals surface area contributed by atoms with Crippen LogP contribution in [0.1, 0.15) is 31.9 Å². The van der Waals surface area contributed by atoms with Gasteiger partial charge in [0.2, 0.25) is 0 Å². The molecule has 0 saturated carbocycles. The normalized spacial score (nSPS) is 12.7. The molecule has 1 amide bonds. The minimum absolute atomic E-state index is 0.228. The number of carbonyl (C=O) groups excluding carboxylic acids is 1. The minimum Gasteiger partial charge on any atom is -0.504 e. The first-order valence-electron chi connectivity index (χ1n) is 10.3. The number of nitrogens with zero attached hydrogens (tertiary/aromatic N) is 2. The van der Waals surface area contributed by atoms with E-state index in [1.807, 2.05) is 32.0 Å². The van der Waals surface area contributed by atoms with Gasteiger partial charge < -0.3 is 15.5 Å². The maximum atomic E-state index is 13.4. The second-order valence-electron chi connectivity index (χ2n) is 8.07. The van der Waals surface area contributed by atoms with Gasteiger partial charge in [-0.25, -0.2) is 4.98 Å². The Hall–Kier alpha value is -3.76. The third-order valence-corrected chi connectivity index (χ3v) is 7.44. The van der Waals surface area contributed by atoms with Gasteiger partial charge >= 0.3 is 0 Å². The first-order valence-corrected chi connectivity index (χ1v) is 12.0. The third kappa shape index (κ3) is 3.80. The van der Waals surface area contributed by atoms with Gasteiger partial charge in [-0.05, 0) is 67.8 Å². The molecule has 0 radical (unpaired) electrons. The SMILES string of the molecule is Cc1cc(C)cc(NC(=O)c2sc3nc4n(c(=O)c3c2C)NC(c2ccc(O)c(O)c2)=CS4)c1. The summed E-state index contributed by atoms with van der Waals surface area (Å²) in [5.41, 5.74) is 7.23. The van der Waals surface area contributed by atoms with Gasteiger partial charge in [0, 0.05) is 16.7 Å². The first kappa shape index (κ1) is 22.1. The predicted molar refractivity (Wildman–Crippen MR) is 135 cm³/mol. The van der Waals surface area contributed by atoms with Gasteiger partial charge in [0.25, 0.3) is 11.5 Å². The standard InChI is InChI=1S/C24H20N4O4S2/c1-11-6-12(2)8-15(7-11)25-21(31)20-13(3)19-22(34-20)26-24-28(23(19)32)27-16(10-33-24)14-4-5-17(29)18(30)9-14/h4-10,27,29-30H,1-3H3,(H,25,31). The van der Waals surface area contributed by atoms with E-state index in [0.717, 1.165) is 11.1 Å². The van der Waals surface area contributed by atoms with E-state index in [1.165, 1.54) is 39.9 Å². The summed E-state index contributed by atoms with van der Waals surface area (Å²) >= 11 is 2.44. The second-order valence-corrected chi connectivity index (χ2v) is 9.90. The molecule has 2 aromatic carbocycles. The number of hydrogen-bond donors (Lipinski definition) is 4. The van der Waals surface area contributed by atoms with Gasteiger partial charge in [0.05, 0.1) is 16.0 Å². The van der Waals surface area contributed by atoms with E-state index in [2.05, 4.69) is 15.7 Å². The van der Waals surface area contributed by atoms with Crippen molar-refractivity contribution >= 4 is 50.6 Å². The van der Waals surface area contributed by atoms with Crippen molar-refractivity contribution in [1.29, 1.82) is 0 Å². The molecule has 0 atom stereocenters. The fraction of sp³-hybridized carbons (Fsp3) is 0.125. The molecule has 0 unspecified atom stereocenters. The van der Waals surface area contributed by atoms with E-state index in [1.54, 1.807) is 18.4 Å². The molecule has 4 aromatic rings. The van der Waals surface area contributed by atoms with Crippen molar-refractivity contribution in [2.24, 2.45) is 0 Å². The largest absolute Gasteiger partial charge is 0.504 e. The van der Waals surface area contributed by atoms with Crippen molar-refractivity contribution in [1.82, 2.24) is 9.66 Å². The van der Waals surface area contributed by atoms with Crippen LogP contribution in [0.2, 0.25) is 0 Å². The lowest BCUT2D eigenvalue weighted by Gasteiger charge is -2.20. The van der Waals surface area contributed by atoms with Crippen LogP contribution in [0.3, 0.4) is 0 Å². The molecular weight excluding hydrogens is 472 g/mol. The van der Waals surface area contributed by atoms with Gasteiger partial charge in [0.1, 0.15) is 4.83 Å². The fourth-order valence-electron chi connectivity index (χ4n) is 3.88. The van der Waals surface area contributed by atoms with Crippen LogP contribution >= 0.6 is 23.1 Å². The number of aromatic nitrogens is 2. The zero-order valence-corrected chi connectivity index (χ0v) is 20.1. The highest BCUT2D eigenvalue weighted by Gasteiger charge is 2.24. The average molecular weight is 493 g/mol. The van der Waals surface area contributed by atoms with E-state index < -0.39 is 0 Å². The molecule has 1 aliphatic rings. The average Bonchev–Trinajstić information content (AvgIpc) is 3.11. The number of thiophene rings is 1. The molecule has 0 aliphatic carbocycles. The van der Waals surface area contributed by atoms with Crippen LogP contribution in [-0.4, -0.2) is 25.8 Å². The molecule has 2 aromatic heterocycles. The number of amides is 1. The number of anilines is 1. The highest BCUT2D eigenvalue weighted by Crippen LogP contribution is 2.34. The summed E-state index contributed by atoms with van der Waals surface area (Å²) in [5.74, 6) is -0.772. The van der Waals surface area contributed by atoms with E-state index in [-0.39, 0.29) is 23.0 Å². The van der Waals surface area contributed by atoms with E-state index in [4.69, 9.17) is 0 Å². The van der Waals surface area contributed by atoms with Gasteiger partial charge in [-0.3, -0.25) is 15.0 Å². The lowest BCUT2D eigenvalue weighted by Crippen LogP contribution is -2.32. The number of rotatable bonds is 3. The molecule has 5 rings (SSSR count). The lowest BCUT2D eigenvalue weighted by molar-refractivity contribution is 0.103. The Balaban J connectivity index is 1.51. The summed E-state index contributed by atoms with van der Waals surface area (Å²) in [5, 5.41) is 24.9. The Morgan fingerprint density at radius 3 is 2.50 bits per heavy atom. The molecule has 0 saturated heterocycles. The number of thioether (sulfide) groups is 1. The molecular formula is C24H20N4O4S2.